The molecule has 0 fully saturated rings. The van der Waals surface area contributed by atoms with Crippen LogP contribution in [0.25, 0.3) is 25.3 Å². The summed E-state index contributed by atoms with van der Waals surface area (Å²) in [5.41, 5.74) is 6.29. The van der Waals surface area contributed by atoms with Crippen molar-refractivity contribution in [1.82, 2.24) is 9.97 Å². The van der Waals surface area contributed by atoms with Gasteiger partial charge in [-0.15, -0.1) is 22.7 Å². The molecule has 4 aromatic rings. The third-order valence-corrected chi connectivity index (χ3v) is 4.85. The highest BCUT2D eigenvalue weighted by Gasteiger charge is 1.96. The predicted octanol–water partition coefficient (Wildman–Crippen LogP) is 6.49. The summed E-state index contributed by atoms with van der Waals surface area (Å²) in [4.78, 5) is 11.6. The molecule has 0 saturated heterocycles. The van der Waals surface area contributed by atoms with E-state index in [-0.39, 0.29) is 0 Å². The molecule has 7 heteroatoms. The Morgan fingerprint density at radius 2 is 1.65 bits per heavy atom. The molecule has 0 atom stereocenters. The molecule has 3 nitrogen and oxygen atoms in total. The first-order valence-corrected chi connectivity index (χ1v) is 8.78. The van der Waals surface area contributed by atoms with Gasteiger partial charge >= 0.3 is 0 Å². The number of thiazole rings is 2. The molecule has 0 amide bonds. The molecule has 4 rings (SSSR count). The Bertz CT molecular complexity index is 964. The number of nitrogens with zero attached hydrogens (tertiary/aromatic N) is 3. The Morgan fingerprint density at radius 3 is 2.26 bits per heavy atom. The molecular weight excluding hydrogens is 397 g/mol. The van der Waals surface area contributed by atoms with Gasteiger partial charge in [-0.25, -0.2) is 14.8 Å². The van der Waals surface area contributed by atoms with E-state index in [1.54, 1.807) is 34.3 Å². The fourth-order valence-electron chi connectivity index (χ4n) is 1.75. The maximum atomic E-state index is 9.96. The van der Waals surface area contributed by atoms with E-state index >= 15 is 0 Å². The van der Waals surface area contributed by atoms with Crippen LogP contribution in [0.4, 0.5) is 10.1 Å². The van der Waals surface area contributed by atoms with Crippen LogP contribution < -0.4 is 0 Å². The lowest BCUT2D eigenvalue weighted by molar-refractivity contribution is 0.636. The molecule has 23 heavy (non-hydrogen) atoms. The number of hydrogen-bond donors (Lipinski definition) is 0. The molecule has 0 aliphatic heterocycles. The van der Waals surface area contributed by atoms with Crippen LogP contribution in [-0.4, -0.2) is 17.1 Å². The van der Waals surface area contributed by atoms with Gasteiger partial charge in [-0.1, -0.05) is 28.1 Å². The van der Waals surface area contributed by atoms with Crippen molar-refractivity contribution < 1.29 is 5.76 Å². The first-order valence-electron chi connectivity index (χ1n) is 6.93. The number of hydrogen-bond acceptors (Lipinski definition) is 4. The highest BCUT2D eigenvalue weighted by molar-refractivity contribution is 9.10. The average Bonchev–Trinajstić information content (AvgIpc) is 3.23. The summed E-state index contributed by atoms with van der Waals surface area (Å²) in [5, 5.41) is 0. The number of aromatic nitrogens is 2. The maximum absolute atomic E-state index is 9.96. The van der Waals surface area contributed by atoms with Gasteiger partial charge in [0.05, 0.1) is 46.6 Å². The van der Waals surface area contributed by atoms with Crippen LogP contribution in [0, 0.1) is 6.57 Å². The van der Waals surface area contributed by atoms with Crippen LogP contribution in [-0.2, 0) is 0 Å². The predicted molar refractivity (Wildman–Crippen MR) is 100 cm³/mol. The zero-order chi connectivity index (χ0) is 17.4. The van der Waals surface area contributed by atoms with Gasteiger partial charge in [0, 0.05) is 4.47 Å². The second kappa shape index (κ2) is 8.67. The van der Waals surface area contributed by atoms with Gasteiger partial charge in [0.1, 0.15) is 0 Å². The average molecular weight is 409 g/mol. The summed E-state index contributed by atoms with van der Waals surface area (Å²) < 4.78 is 19.0. The molecule has 0 aliphatic carbocycles. The summed E-state index contributed by atoms with van der Waals surface area (Å²) in [6.45, 7) is 6.77. The molecule has 116 valence electrons. The van der Waals surface area contributed by atoms with Crippen molar-refractivity contribution in [2.45, 2.75) is 0 Å². The van der Waals surface area contributed by atoms with E-state index in [1.807, 2.05) is 29.8 Å². The highest BCUT2D eigenvalue weighted by atomic mass is 79.9. The molecule has 0 bridgehead atoms. The summed E-state index contributed by atoms with van der Waals surface area (Å²) in [6.07, 6.45) is 0. The van der Waals surface area contributed by atoms with Gasteiger partial charge < -0.3 is 0 Å². The van der Waals surface area contributed by atoms with Crippen molar-refractivity contribution in [2.75, 3.05) is 7.15 Å². The van der Waals surface area contributed by atoms with Gasteiger partial charge in [-0.05, 0) is 24.3 Å². The monoisotopic (exact) mass is 408 g/mol. The third kappa shape index (κ3) is 4.55. The van der Waals surface area contributed by atoms with E-state index in [4.69, 9.17) is 7.94 Å². The van der Waals surface area contributed by atoms with Gasteiger partial charge in [-0.3, -0.25) is 4.39 Å². The largest absolute Gasteiger partial charge is 0.255 e. The van der Waals surface area contributed by atoms with E-state index in [9.17, 15) is 4.39 Å². The molecule has 0 unspecified atom stereocenters. The molecule has 0 aliphatic rings. The van der Waals surface area contributed by atoms with E-state index in [0.29, 0.717) is 5.69 Å². The zero-order valence-electron chi connectivity index (χ0n) is 12.7. The van der Waals surface area contributed by atoms with Crippen molar-refractivity contribution in [1.29, 1.82) is 0 Å². The SMILES string of the molecule is Brc1ccc2scnc2c1.[2H]CF.[C-]#[N+]c1ccc2scnc2c1. The third-order valence-electron chi connectivity index (χ3n) is 2.74. The number of rotatable bonds is 0. The quantitative estimate of drug-likeness (QED) is 0.311. The minimum absolute atomic E-state index is 0.656. The topological polar surface area (TPSA) is 30.1 Å². The van der Waals surface area contributed by atoms with Crippen molar-refractivity contribution in [3.8, 4) is 0 Å². The van der Waals surface area contributed by atoms with E-state index in [1.165, 1.54) is 4.70 Å². The Kier molecular flexibility index (Phi) is 6.03. The smallest absolute Gasteiger partial charge is 0.189 e. The second-order valence-electron chi connectivity index (χ2n) is 4.08. The summed E-state index contributed by atoms with van der Waals surface area (Å²) in [6, 6.07) is 11.7. The fourth-order valence-corrected chi connectivity index (χ4v) is 3.41. The molecule has 2 heterocycles. The van der Waals surface area contributed by atoms with Crippen LogP contribution in [0.3, 0.4) is 0 Å². The summed E-state index contributed by atoms with van der Waals surface area (Å²) in [7, 11) is -1.00. The molecule has 2 aromatic carbocycles. The lowest BCUT2D eigenvalue weighted by atomic mass is 10.3. The van der Waals surface area contributed by atoms with Gasteiger partial charge in [0.2, 0.25) is 0 Å². The number of benzene rings is 2. The maximum Gasteiger partial charge on any atom is 0.189 e. The molecular formula is C16H11BrFN3S2. The number of fused-ring (bicyclic) bond motifs is 2. The van der Waals surface area contributed by atoms with Crippen LogP contribution in [0.15, 0.2) is 51.9 Å². The molecule has 0 spiro atoms. The molecule has 0 N–H and O–H groups in total. The lowest BCUT2D eigenvalue weighted by Crippen LogP contribution is -1.65. The van der Waals surface area contributed by atoms with Crippen LogP contribution in [0.2, 0.25) is 0 Å². The summed E-state index contributed by atoms with van der Waals surface area (Å²) in [5.74, 6) is 0. The van der Waals surface area contributed by atoms with Crippen molar-refractivity contribution in [2.24, 2.45) is 0 Å². The Labute approximate surface area is 150 Å². The normalized spacial score (nSPS) is 10.0. The zero-order valence-corrected chi connectivity index (χ0v) is 15.0. The minimum Gasteiger partial charge on any atom is -0.255 e. The Hall–Kier alpha value is -1.88. The fraction of sp³-hybridized carbons (Fsp3) is 0.0625. The van der Waals surface area contributed by atoms with Crippen LogP contribution >= 0.6 is 38.6 Å². The van der Waals surface area contributed by atoms with Crippen LogP contribution in [0.1, 0.15) is 1.37 Å². The van der Waals surface area contributed by atoms with Crippen molar-refractivity contribution in [3.05, 3.63) is 63.3 Å². The van der Waals surface area contributed by atoms with Gasteiger partial charge in [0.25, 0.3) is 0 Å². The first kappa shape index (κ1) is 16.0. The minimum atomic E-state index is -1.00. The van der Waals surface area contributed by atoms with Crippen molar-refractivity contribution in [3.63, 3.8) is 0 Å². The molecule has 2 aromatic heterocycles. The number of halogens is 2. The van der Waals surface area contributed by atoms with E-state index in [0.717, 1.165) is 20.2 Å². The first-order chi connectivity index (χ1) is 11.7. The van der Waals surface area contributed by atoms with Gasteiger partial charge in [0.15, 0.2) is 5.69 Å². The van der Waals surface area contributed by atoms with Crippen molar-refractivity contribution >= 4 is 64.7 Å². The Morgan fingerprint density at radius 1 is 1.09 bits per heavy atom. The van der Waals surface area contributed by atoms with E-state index in [2.05, 4.69) is 36.8 Å². The molecule has 0 saturated carbocycles. The Balaban J connectivity index is 0.000000150. The highest BCUT2D eigenvalue weighted by Crippen LogP contribution is 2.23. The summed E-state index contributed by atoms with van der Waals surface area (Å²) >= 11 is 6.64. The standard InChI is InChI=1S/C8H4N2S.C7H4BrNS.CH3F/c1-9-6-2-3-8-7(4-6)10-5-11-8;8-5-1-2-7-6(3-5)9-4-10-7;1-2/h2-5H;1-4H;1H3/i;;1D. The second-order valence-corrected chi connectivity index (χ2v) is 6.77. The van der Waals surface area contributed by atoms with Crippen LogP contribution in [0.5, 0.6) is 0 Å². The van der Waals surface area contributed by atoms with E-state index < -0.39 is 7.15 Å². The number of alkyl halides is 1. The lowest BCUT2D eigenvalue weighted by Gasteiger charge is -1.87. The molecule has 0 radical (unpaired) electrons. The van der Waals surface area contributed by atoms with Gasteiger partial charge in [-0.2, -0.15) is 0 Å².